The second kappa shape index (κ2) is 4.10. The summed E-state index contributed by atoms with van der Waals surface area (Å²) in [7, 11) is 0. The zero-order valence-corrected chi connectivity index (χ0v) is 10.0. The molecule has 1 aliphatic heterocycles. The molecule has 0 saturated heterocycles. The molecule has 90 valence electrons. The van der Waals surface area contributed by atoms with Crippen LogP contribution in [0.5, 0.6) is 0 Å². The van der Waals surface area contributed by atoms with E-state index < -0.39 is 5.92 Å². The molecule has 1 unspecified atom stereocenters. The van der Waals surface area contributed by atoms with Gasteiger partial charge in [-0.15, -0.1) is 0 Å². The number of nitrogens with one attached hydrogen (secondary N) is 1. The van der Waals surface area contributed by atoms with Crippen LogP contribution in [-0.4, -0.2) is 5.91 Å². The molecule has 2 aromatic rings. The Kier molecular flexibility index (Phi) is 2.56. The smallest absolute Gasteiger partial charge is 0.236 e. The highest BCUT2D eigenvalue weighted by molar-refractivity contribution is 6.32. The van der Waals surface area contributed by atoms with E-state index in [1.54, 1.807) is 24.3 Å². The number of anilines is 1. The Morgan fingerprint density at radius 3 is 2.67 bits per heavy atom. The van der Waals surface area contributed by atoms with Crippen LogP contribution >= 0.6 is 11.6 Å². The Labute approximate surface area is 108 Å². The summed E-state index contributed by atoms with van der Waals surface area (Å²) in [5, 5.41) is 3.25. The van der Waals surface area contributed by atoms with Crippen molar-refractivity contribution in [3.8, 4) is 0 Å². The quantitative estimate of drug-likeness (QED) is 0.835. The Hall–Kier alpha value is -1.87. The highest BCUT2D eigenvalue weighted by Gasteiger charge is 2.33. The van der Waals surface area contributed by atoms with Gasteiger partial charge in [0.1, 0.15) is 5.82 Å². The topological polar surface area (TPSA) is 29.1 Å². The predicted octanol–water partition coefficient (Wildman–Crippen LogP) is 3.56. The SMILES string of the molecule is O=C1Nc2ccc(F)cc2C1c1ccccc1Cl. The summed E-state index contributed by atoms with van der Waals surface area (Å²) in [5.74, 6) is -1.07. The van der Waals surface area contributed by atoms with E-state index in [0.717, 1.165) is 0 Å². The van der Waals surface area contributed by atoms with Crippen molar-refractivity contribution in [3.05, 3.63) is 64.4 Å². The molecule has 0 spiro atoms. The largest absolute Gasteiger partial charge is 0.325 e. The molecule has 1 amide bonds. The zero-order valence-electron chi connectivity index (χ0n) is 9.28. The summed E-state index contributed by atoms with van der Waals surface area (Å²) in [6.07, 6.45) is 0. The summed E-state index contributed by atoms with van der Waals surface area (Å²) in [4.78, 5) is 12.0. The summed E-state index contributed by atoms with van der Waals surface area (Å²) >= 11 is 6.10. The van der Waals surface area contributed by atoms with Gasteiger partial charge in [-0.3, -0.25) is 4.79 Å². The first-order valence-electron chi connectivity index (χ1n) is 5.51. The number of carbonyl (C=O) groups excluding carboxylic acids is 1. The van der Waals surface area contributed by atoms with E-state index in [1.807, 2.05) is 6.07 Å². The molecule has 0 aromatic heterocycles. The van der Waals surface area contributed by atoms with Gasteiger partial charge in [-0.25, -0.2) is 4.39 Å². The molecule has 1 atom stereocenters. The van der Waals surface area contributed by atoms with Crippen molar-refractivity contribution in [3.63, 3.8) is 0 Å². The first-order valence-corrected chi connectivity index (χ1v) is 5.89. The van der Waals surface area contributed by atoms with Gasteiger partial charge in [0.25, 0.3) is 0 Å². The molecule has 0 radical (unpaired) electrons. The van der Waals surface area contributed by atoms with Crippen molar-refractivity contribution < 1.29 is 9.18 Å². The molecular weight excluding hydrogens is 253 g/mol. The number of amides is 1. The Morgan fingerprint density at radius 2 is 1.89 bits per heavy atom. The van der Waals surface area contributed by atoms with Gasteiger partial charge < -0.3 is 5.32 Å². The lowest BCUT2D eigenvalue weighted by Gasteiger charge is -2.10. The molecule has 2 aromatic carbocycles. The average Bonchev–Trinajstić information content (AvgIpc) is 2.66. The third-order valence-electron chi connectivity index (χ3n) is 3.06. The van der Waals surface area contributed by atoms with Crippen molar-refractivity contribution in [2.75, 3.05) is 5.32 Å². The molecule has 4 heteroatoms. The van der Waals surface area contributed by atoms with Crippen LogP contribution in [0.25, 0.3) is 0 Å². The van der Waals surface area contributed by atoms with Crippen LogP contribution in [0.4, 0.5) is 10.1 Å². The van der Waals surface area contributed by atoms with Crippen LogP contribution in [0.3, 0.4) is 0 Å². The molecule has 0 aliphatic carbocycles. The summed E-state index contributed by atoms with van der Waals surface area (Å²) in [6.45, 7) is 0. The van der Waals surface area contributed by atoms with Crippen LogP contribution in [0.1, 0.15) is 17.0 Å². The lowest BCUT2D eigenvalue weighted by atomic mass is 9.92. The van der Waals surface area contributed by atoms with E-state index in [4.69, 9.17) is 11.6 Å². The van der Waals surface area contributed by atoms with Gasteiger partial charge in [-0.1, -0.05) is 29.8 Å². The first kappa shape index (κ1) is 11.2. The van der Waals surface area contributed by atoms with Crippen LogP contribution in [-0.2, 0) is 4.79 Å². The maximum absolute atomic E-state index is 13.3. The van der Waals surface area contributed by atoms with Gasteiger partial charge in [-0.05, 0) is 35.4 Å². The number of fused-ring (bicyclic) bond motifs is 1. The zero-order chi connectivity index (χ0) is 12.7. The van der Waals surface area contributed by atoms with Crippen molar-refractivity contribution in [1.82, 2.24) is 0 Å². The van der Waals surface area contributed by atoms with Crippen LogP contribution in [0.2, 0.25) is 5.02 Å². The first-order chi connectivity index (χ1) is 8.66. The fourth-order valence-electron chi connectivity index (χ4n) is 2.25. The maximum Gasteiger partial charge on any atom is 0.236 e. The van der Waals surface area contributed by atoms with Gasteiger partial charge in [-0.2, -0.15) is 0 Å². The van der Waals surface area contributed by atoms with Crippen molar-refractivity contribution >= 4 is 23.2 Å². The normalized spacial score (nSPS) is 17.4. The molecule has 0 fully saturated rings. The fourth-order valence-corrected chi connectivity index (χ4v) is 2.50. The minimum atomic E-state index is -0.538. The van der Waals surface area contributed by atoms with Gasteiger partial charge in [0, 0.05) is 10.7 Å². The predicted molar refractivity (Wildman–Crippen MR) is 68.3 cm³/mol. The summed E-state index contributed by atoms with van der Waals surface area (Å²) < 4.78 is 13.3. The molecule has 1 aliphatic rings. The molecule has 0 bridgehead atoms. The van der Waals surface area contributed by atoms with E-state index in [2.05, 4.69) is 5.32 Å². The van der Waals surface area contributed by atoms with Crippen LogP contribution in [0, 0.1) is 5.82 Å². The second-order valence-electron chi connectivity index (χ2n) is 4.18. The molecule has 18 heavy (non-hydrogen) atoms. The number of benzene rings is 2. The average molecular weight is 262 g/mol. The van der Waals surface area contributed by atoms with Gasteiger partial charge in [0.15, 0.2) is 0 Å². The van der Waals surface area contributed by atoms with E-state index in [9.17, 15) is 9.18 Å². The molecule has 1 heterocycles. The fraction of sp³-hybridized carbons (Fsp3) is 0.0714. The third kappa shape index (κ3) is 1.68. The third-order valence-corrected chi connectivity index (χ3v) is 3.41. The monoisotopic (exact) mass is 261 g/mol. The lowest BCUT2D eigenvalue weighted by Crippen LogP contribution is -2.13. The number of carbonyl (C=O) groups is 1. The Morgan fingerprint density at radius 1 is 1.11 bits per heavy atom. The minimum absolute atomic E-state index is 0.177. The Bertz CT molecular complexity index is 641. The van der Waals surface area contributed by atoms with E-state index >= 15 is 0 Å². The minimum Gasteiger partial charge on any atom is -0.325 e. The summed E-state index contributed by atoms with van der Waals surface area (Å²) in [6, 6.07) is 11.4. The van der Waals surface area contributed by atoms with Gasteiger partial charge in [0.05, 0.1) is 5.92 Å². The molecule has 1 N–H and O–H groups in total. The highest BCUT2D eigenvalue weighted by atomic mass is 35.5. The van der Waals surface area contributed by atoms with Crippen LogP contribution in [0.15, 0.2) is 42.5 Å². The molecular formula is C14H9ClFNO. The molecule has 0 saturated carbocycles. The highest BCUT2D eigenvalue weighted by Crippen LogP contribution is 2.39. The van der Waals surface area contributed by atoms with Crippen molar-refractivity contribution in [2.24, 2.45) is 0 Å². The number of hydrogen-bond acceptors (Lipinski definition) is 1. The lowest BCUT2D eigenvalue weighted by molar-refractivity contribution is -0.116. The maximum atomic E-state index is 13.3. The van der Waals surface area contributed by atoms with E-state index in [-0.39, 0.29) is 11.7 Å². The number of halogens is 2. The van der Waals surface area contributed by atoms with E-state index in [1.165, 1.54) is 12.1 Å². The Balaban J connectivity index is 2.17. The van der Waals surface area contributed by atoms with Gasteiger partial charge >= 0.3 is 0 Å². The van der Waals surface area contributed by atoms with E-state index in [0.29, 0.717) is 21.8 Å². The molecule has 3 rings (SSSR count). The van der Waals surface area contributed by atoms with Crippen molar-refractivity contribution in [1.29, 1.82) is 0 Å². The van der Waals surface area contributed by atoms with Crippen molar-refractivity contribution in [2.45, 2.75) is 5.92 Å². The van der Waals surface area contributed by atoms with Crippen LogP contribution < -0.4 is 5.32 Å². The van der Waals surface area contributed by atoms with Gasteiger partial charge in [0.2, 0.25) is 5.91 Å². The summed E-state index contributed by atoms with van der Waals surface area (Å²) in [5.41, 5.74) is 1.97. The number of hydrogen-bond donors (Lipinski definition) is 1. The molecule has 2 nitrogen and oxygen atoms in total. The number of rotatable bonds is 1. The standard InChI is InChI=1S/C14H9ClFNO/c15-11-4-2-1-3-9(11)13-10-7-8(16)5-6-12(10)17-14(13)18/h1-7,13H,(H,17,18). The second-order valence-corrected chi connectivity index (χ2v) is 4.58.